The van der Waals surface area contributed by atoms with E-state index in [2.05, 4.69) is 27.5 Å². The summed E-state index contributed by atoms with van der Waals surface area (Å²) in [4.78, 5) is 10.9. The first kappa shape index (κ1) is 14.6. The second-order valence-electron chi connectivity index (χ2n) is 6.22. The summed E-state index contributed by atoms with van der Waals surface area (Å²) in [5.74, 6) is 1.83. The molecule has 1 aromatic carbocycles. The number of aromatic carboxylic acids is 1. The number of carboxylic acids is 1. The van der Waals surface area contributed by atoms with E-state index >= 15 is 0 Å². The van der Waals surface area contributed by atoms with E-state index in [0.717, 1.165) is 29.3 Å². The molecule has 4 rings (SSSR count). The third-order valence-electron chi connectivity index (χ3n) is 4.40. The molecule has 2 unspecified atom stereocenters. The van der Waals surface area contributed by atoms with E-state index in [4.69, 9.17) is 5.11 Å². The number of anilines is 1. The van der Waals surface area contributed by atoms with Crippen molar-refractivity contribution in [3.05, 3.63) is 53.3 Å². The highest BCUT2D eigenvalue weighted by atomic mass is 16.4. The van der Waals surface area contributed by atoms with E-state index in [-0.39, 0.29) is 5.56 Å². The molecule has 1 aliphatic rings. The van der Waals surface area contributed by atoms with E-state index in [1.54, 1.807) is 24.3 Å². The lowest BCUT2D eigenvalue weighted by Crippen LogP contribution is -2.06. The van der Waals surface area contributed by atoms with E-state index < -0.39 is 5.97 Å². The van der Waals surface area contributed by atoms with Crippen LogP contribution in [0.1, 0.15) is 41.0 Å². The fourth-order valence-electron chi connectivity index (χ4n) is 2.77. The zero-order valence-electron chi connectivity index (χ0n) is 13.2. The van der Waals surface area contributed by atoms with Gasteiger partial charge in [0.05, 0.1) is 5.56 Å². The van der Waals surface area contributed by atoms with Gasteiger partial charge in [0.15, 0.2) is 11.5 Å². The van der Waals surface area contributed by atoms with Gasteiger partial charge in [-0.15, -0.1) is 15.3 Å². The lowest BCUT2D eigenvalue weighted by molar-refractivity contribution is 0.0697. The van der Waals surface area contributed by atoms with Crippen molar-refractivity contribution in [3.63, 3.8) is 0 Å². The van der Waals surface area contributed by atoms with Gasteiger partial charge in [0.2, 0.25) is 0 Å². The second kappa shape index (κ2) is 5.59. The Kier molecular flexibility index (Phi) is 3.41. The van der Waals surface area contributed by atoms with Gasteiger partial charge in [-0.1, -0.05) is 19.1 Å². The average molecular weight is 323 g/mol. The smallest absolute Gasteiger partial charge is 0.335 e. The summed E-state index contributed by atoms with van der Waals surface area (Å²) >= 11 is 0. The van der Waals surface area contributed by atoms with Crippen LogP contribution in [-0.2, 0) is 6.54 Å². The number of hydrogen-bond donors (Lipinski definition) is 2. The zero-order chi connectivity index (χ0) is 16.7. The molecule has 0 bridgehead atoms. The van der Waals surface area contributed by atoms with Gasteiger partial charge in [0, 0.05) is 12.5 Å². The summed E-state index contributed by atoms with van der Waals surface area (Å²) in [6.45, 7) is 2.77. The Bertz CT molecular complexity index is 903. The van der Waals surface area contributed by atoms with Crippen LogP contribution in [0, 0.1) is 5.92 Å². The molecular formula is C17H17N5O2. The molecule has 1 fully saturated rings. The van der Waals surface area contributed by atoms with Crippen molar-refractivity contribution in [1.82, 2.24) is 19.8 Å². The van der Waals surface area contributed by atoms with Crippen molar-refractivity contribution in [3.8, 4) is 0 Å². The van der Waals surface area contributed by atoms with Crippen LogP contribution in [-0.4, -0.2) is 30.9 Å². The molecule has 0 aliphatic heterocycles. The summed E-state index contributed by atoms with van der Waals surface area (Å²) in [5.41, 5.74) is 2.02. The van der Waals surface area contributed by atoms with Gasteiger partial charge in [-0.2, -0.15) is 4.52 Å². The number of fused-ring (bicyclic) bond motifs is 1. The van der Waals surface area contributed by atoms with Crippen LogP contribution in [0.3, 0.4) is 0 Å². The molecular weight excluding hydrogens is 306 g/mol. The molecule has 2 aromatic heterocycles. The maximum atomic E-state index is 10.9. The molecule has 24 heavy (non-hydrogen) atoms. The van der Waals surface area contributed by atoms with Gasteiger partial charge in [-0.25, -0.2) is 4.79 Å². The molecule has 0 radical (unpaired) electrons. The fraction of sp³-hybridized carbons (Fsp3) is 0.294. The highest BCUT2D eigenvalue weighted by Gasteiger charge is 2.38. The largest absolute Gasteiger partial charge is 0.478 e. The van der Waals surface area contributed by atoms with Crippen molar-refractivity contribution in [2.45, 2.75) is 25.8 Å². The standard InChI is InChI=1S/C17H17N5O2/c1-10-8-13(10)16-20-19-15-7-6-14(21-22(15)16)18-9-11-2-4-12(5-3-11)17(23)24/h2-7,10,13H,8-9H2,1H3,(H,18,21)(H,23,24). The SMILES string of the molecule is CC1CC1c1nnc2ccc(NCc3ccc(C(=O)O)cc3)nn12. The summed E-state index contributed by atoms with van der Waals surface area (Å²) < 4.78 is 1.81. The molecule has 0 amide bonds. The first-order valence-electron chi connectivity index (χ1n) is 7.90. The van der Waals surface area contributed by atoms with Crippen molar-refractivity contribution < 1.29 is 9.90 Å². The second-order valence-corrected chi connectivity index (χ2v) is 6.22. The Labute approximate surface area is 138 Å². The van der Waals surface area contributed by atoms with Crippen LogP contribution >= 0.6 is 0 Å². The maximum absolute atomic E-state index is 10.9. The van der Waals surface area contributed by atoms with Crippen molar-refractivity contribution in [2.24, 2.45) is 5.92 Å². The third kappa shape index (κ3) is 2.68. The molecule has 1 aliphatic carbocycles. The lowest BCUT2D eigenvalue weighted by atomic mass is 10.1. The van der Waals surface area contributed by atoms with E-state index in [9.17, 15) is 4.79 Å². The molecule has 0 saturated heterocycles. The first-order valence-corrected chi connectivity index (χ1v) is 7.90. The van der Waals surface area contributed by atoms with Gasteiger partial charge >= 0.3 is 5.97 Å². The molecule has 3 aromatic rings. The topological polar surface area (TPSA) is 92.4 Å². The molecule has 1 saturated carbocycles. The number of nitrogens with one attached hydrogen (secondary N) is 1. The number of aromatic nitrogens is 4. The number of nitrogens with zero attached hydrogens (tertiary/aromatic N) is 4. The molecule has 7 heteroatoms. The minimum absolute atomic E-state index is 0.283. The quantitative estimate of drug-likeness (QED) is 0.749. The number of hydrogen-bond acceptors (Lipinski definition) is 5. The van der Waals surface area contributed by atoms with Crippen molar-refractivity contribution in [2.75, 3.05) is 5.32 Å². The maximum Gasteiger partial charge on any atom is 0.335 e. The van der Waals surface area contributed by atoms with Crippen LogP contribution < -0.4 is 5.32 Å². The Morgan fingerprint density at radius 3 is 2.67 bits per heavy atom. The zero-order valence-corrected chi connectivity index (χ0v) is 13.2. The molecule has 2 heterocycles. The third-order valence-corrected chi connectivity index (χ3v) is 4.40. The Morgan fingerprint density at radius 2 is 2.00 bits per heavy atom. The number of carbonyl (C=O) groups is 1. The summed E-state index contributed by atoms with van der Waals surface area (Å²) in [7, 11) is 0. The monoisotopic (exact) mass is 323 g/mol. The molecule has 7 nitrogen and oxygen atoms in total. The Balaban J connectivity index is 1.51. The van der Waals surface area contributed by atoms with E-state index in [0.29, 0.717) is 18.4 Å². The van der Waals surface area contributed by atoms with Crippen LogP contribution in [0.25, 0.3) is 5.65 Å². The van der Waals surface area contributed by atoms with Crippen LogP contribution in [0.15, 0.2) is 36.4 Å². The molecule has 122 valence electrons. The highest BCUT2D eigenvalue weighted by molar-refractivity contribution is 5.87. The van der Waals surface area contributed by atoms with E-state index in [1.165, 1.54) is 0 Å². The highest BCUT2D eigenvalue weighted by Crippen LogP contribution is 2.45. The fourth-order valence-corrected chi connectivity index (χ4v) is 2.77. The van der Waals surface area contributed by atoms with Crippen LogP contribution in [0.4, 0.5) is 5.82 Å². The number of rotatable bonds is 5. The molecule has 2 atom stereocenters. The van der Waals surface area contributed by atoms with Crippen molar-refractivity contribution >= 4 is 17.4 Å². The summed E-state index contributed by atoms with van der Waals surface area (Å²) in [6, 6.07) is 10.6. The molecule has 2 N–H and O–H groups in total. The summed E-state index contributed by atoms with van der Waals surface area (Å²) in [5, 5.41) is 25.2. The van der Waals surface area contributed by atoms with E-state index in [1.807, 2.05) is 16.6 Å². The predicted molar refractivity (Wildman–Crippen MR) is 88.0 cm³/mol. The average Bonchev–Trinajstić information content (AvgIpc) is 3.16. The van der Waals surface area contributed by atoms with Crippen molar-refractivity contribution in [1.29, 1.82) is 0 Å². The van der Waals surface area contributed by atoms with Gasteiger partial charge < -0.3 is 10.4 Å². The van der Waals surface area contributed by atoms with Gasteiger partial charge in [0.1, 0.15) is 5.82 Å². The van der Waals surface area contributed by atoms with Crippen LogP contribution in [0.5, 0.6) is 0 Å². The number of benzene rings is 1. The number of carboxylic acid groups (broad SMARTS) is 1. The van der Waals surface area contributed by atoms with Crippen LogP contribution in [0.2, 0.25) is 0 Å². The Morgan fingerprint density at radius 1 is 1.25 bits per heavy atom. The van der Waals surface area contributed by atoms with Gasteiger partial charge in [0.25, 0.3) is 0 Å². The van der Waals surface area contributed by atoms with Gasteiger partial charge in [-0.05, 0) is 42.2 Å². The predicted octanol–water partition coefficient (Wildman–Crippen LogP) is 2.56. The lowest BCUT2D eigenvalue weighted by Gasteiger charge is -2.07. The normalized spacial score (nSPS) is 19.4. The minimum Gasteiger partial charge on any atom is -0.478 e. The van der Waals surface area contributed by atoms with Gasteiger partial charge in [-0.3, -0.25) is 0 Å². The minimum atomic E-state index is -0.920. The summed E-state index contributed by atoms with van der Waals surface area (Å²) in [6.07, 6.45) is 1.13. The first-order chi connectivity index (χ1) is 11.6. The molecule has 0 spiro atoms. The Hall–Kier alpha value is -2.96.